The summed E-state index contributed by atoms with van der Waals surface area (Å²) in [4.78, 5) is 12.4. The highest BCUT2D eigenvalue weighted by molar-refractivity contribution is 6.06. The van der Waals surface area contributed by atoms with Crippen LogP contribution in [-0.4, -0.2) is 15.7 Å². The number of hydrogen-bond acceptors (Lipinski definition) is 2. The highest BCUT2D eigenvalue weighted by Gasteiger charge is 2.21. The maximum Gasteiger partial charge on any atom is 0.262 e. The lowest BCUT2D eigenvalue weighted by atomic mass is 10.0. The molecule has 0 aliphatic heterocycles. The maximum atomic E-state index is 14.0. The number of hydrogen-bond donors (Lipinski definition) is 1. The first-order valence-corrected chi connectivity index (χ1v) is 7.59. The second-order valence-electron chi connectivity index (χ2n) is 5.97. The first-order valence-electron chi connectivity index (χ1n) is 7.59. The van der Waals surface area contributed by atoms with Crippen molar-refractivity contribution in [2.75, 3.05) is 5.32 Å². The van der Waals surface area contributed by atoms with Gasteiger partial charge >= 0.3 is 0 Å². The quantitative estimate of drug-likeness (QED) is 0.920. The van der Waals surface area contributed by atoms with Crippen LogP contribution < -0.4 is 5.32 Å². The highest BCUT2D eigenvalue weighted by Crippen LogP contribution is 2.25. The monoisotopic (exact) mass is 315 g/mol. The largest absolute Gasteiger partial charge is 0.321 e. The summed E-state index contributed by atoms with van der Waals surface area (Å²) in [5, 5.41) is 6.74. The number of aromatic nitrogens is 2. The van der Waals surface area contributed by atoms with Gasteiger partial charge in [0.05, 0.1) is 5.69 Å². The minimum atomic E-state index is -0.632. The van der Waals surface area contributed by atoms with E-state index in [9.17, 15) is 9.18 Å². The van der Waals surface area contributed by atoms with Crippen molar-refractivity contribution in [1.29, 1.82) is 0 Å². The van der Waals surface area contributed by atoms with Gasteiger partial charge in [-0.15, -0.1) is 0 Å². The van der Waals surface area contributed by atoms with Crippen LogP contribution in [0.4, 0.5) is 10.1 Å². The maximum absolute atomic E-state index is 14.0. The van der Waals surface area contributed by atoms with E-state index in [1.807, 2.05) is 31.2 Å². The first-order chi connectivity index (χ1) is 10.8. The van der Waals surface area contributed by atoms with Crippen LogP contribution in [0.3, 0.4) is 0 Å². The third-order valence-corrected chi connectivity index (χ3v) is 3.56. The Balaban J connectivity index is 2.36. The molecular weight excluding hydrogens is 293 g/mol. The molecule has 0 aliphatic carbocycles. The number of nitrogens with one attached hydrogen (secondary N) is 1. The average Bonchev–Trinajstić information content (AvgIpc) is 2.71. The van der Waals surface area contributed by atoms with Crippen LogP contribution in [0.15, 0.2) is 30.3 Å². The fourth-order valence-corrected chi connectivity index (χ4v) is 2.60. The molecule has 5 heteroatoms. The summed E-state index contributed by atoms with van der Waals surface area (Å²) < 4.78 is 15.1. The summed E-state index contributed by atoms with van der Waals surface area (Å²) >= 11 is 0. The second kappa shape index (κ2) is 6.77. The SMILES string of the molecule is CC(=CC(C)C)c1ccccc1NC(=O)c1c(C)nn(C)c1F. The smallest absolute Gasteiger partial charge is 0.262 e. The van der Waals surface area contributed by atoms with Gasteiger partial charge in [0.2, 0.25) is 5.95 Å². The Morgan fingerprint density at radius 1 is 1.35 bits per heavy atom. The number of aryl methyl sites for hydroxylation is 2. The van der Waals surface area contributed by atoms with E-state index < -0.39 is 11.9 Å². The minimum Gasteiger partial charge on any atom is -0.321 e. The number of para-hydroxylation sites is 1. The molecule has 1 amide bonds. The Kier molecular flexibility index (Phi) is 4.98. The lowest BCUT2D eigenvalue weighted by Gasteiger charge is -2.12. The molecule has 0 atom stereocenters. The zero-order valence-corrected chi connectivity index (χ0v) is 14.1. The predicted molar refractivity (Wildman–Crippen MR) is 90.8 cm³/mol. The third kappa shape index (κ3) is 3.67. The van der Waals surface area contributed by atoms with Crippen molar-refractivity contribution in [2.24, 2.45) is 13.0 Å². The molecule has 0 bridgehead atoms. The topological polar surface area (TPSA) is 46.9 Å². The van der Waals surface area contributed by atoms with Crippen LogP contribution in [0.1, 0.15) is 42.4 Å². The number of carbonyl (C=O) groups excluding carboxylic acids is 1. The molecular formula is C18H22FN3O. The second-order valence-corrected chi connectivity index (χ2v) is 5.97. The Morgan fingerprint density at radius 3 is 2.57 bits per heavy atom. The number of nitrogens with zero attached hydrogens (tertiary/aromatic N) is 2. The van der Waals surface area contributed by atoms with Crippen LogP contribution in [-0.2, 0) is 7.05 Å². The Labute approximate surface area is 136 Å². The van der Waals surface area contributed by atoms with Gasteiger partial charge in [0.1, 0.15) is 5.56 Å². The highest BCUT2D eigenvalue weighted by atomic mass is 19.1. The van der Waals surface area contributed by atoms with Crippen molar-refractivity contribution >= 4 is 17.2 Å². The standard InChI is InChI=1S/C18H22FN3O/c1-11(2)10-12(3)14-8-6-7-9-15(14)20-18(23)16-13(4)21-22(5)17(16)19/h6-11H,1-5H3,(H,20,23). The molecule has 4 nitrogen and oxygen atoms in total. The summed E-state index contributed by atoms with van der Waals surface area (Å²) in [7, 11) is 1.47. The van der Waals surface area contributed by atoms with Gasteiger partial charge in [-0.3, -0.25) is 4.79 Å². The molecule has 0 aliphatic rings. The molecule has 1 N–H and O–H groups in total. The number of benzene rings is 1. The van der Waals surface area contributed by atoms with Crippen molar-refractivity contribution in [3.05, 3.63) is 53.1 Å². The minimum absolute atomic E-state index is 0.0206. The molecule has 2 aromatic rings. The number of carbonyl (C=O) groups is 1. The van der Waals surface area contributed by atoms with Crippen LogP contribution in [0.25, 0.3) is 5.57 Å². The summed E-state index contributed by atoms with van der Waals surface area (Å²) in [6.45, 7) is 7.81. The number of halogens is 1. The van der Waals surface area contributed by atoms with Crippen molar-refractivity contribution in [3.8, 4) is 0 Å². The molecule has 0 saturated heterocycles. The summed E-state index contributed by atoms with van der Waals surface area (Å²) in [6.07, 6.45) is 2.13. The van der Waals surface area contributed by atoms with Gasteiger partial charge in [-0.25, -0.2) is 4.68 Å². The Morgan fingerprint density at radius 2 is 2.00 bits per heavy atom. The molecule has 1 aromatic carbocycles. The summed E-state index contributed by atoms with van der Waals surface area (Å²) in [5.74, 6) is -0.721. The fourth-order valence-electron chi connectivity index (χ4n) is 2.60. The lowest BCUT2D eigenvalue weighted by Crippen LogP contribution is -2.15. The van der Waals surface area contributed by atoms with Crippen LogP contribution in [0.5, 0.6) is 0 Å². The van der Waals surface area contributed by atoms with E-state index in [0.29, 0.717) is 17.3 Å². The molecule has 1 heterocycles. The van der Waals surface area contributed by atoms with E-state index >= 15 is 0 Å². The van der Waals surface area contributed by atoms with Gasteiger partial charge in [0.25, 0.3) is 5.91 Å². The molecule has 1 aromatic heterocycles. The van der Waals surface area contributed by atoms with Crippen LogP contribution >= 0.6 is 0 Å². The molecule has 23 heavy (non-hydrogen) atoms. The first kappa shape index (κ1) is 16.9. The molecule has 0 unspecified atom stereocenters. The fraction of sp³-hybridized carbons (Fsp3) is 0.333. The average molecular weight is 315 g/mol. The van der Waals surface area contributed by atoms with Crippen molar-refractivity contribution in [2.45, 2.75) is 27.7 Å². The van der Waals surface area contributed by atoms with Crippen molar-refractivity contribution in [3.63, 3.8) is 0 Å². The van der Waals surface area contributed by atoms with Gasteiger partial charge in [-0.2, -0.15) is 9.49 Å². The number of amides is 1. The molecule has 122 valence electrons. The summed E-state index contributed by atoms with van der Waals surface area (Å²) in [6, 6.07) is 7.51. The van der Waals surface area contributed by atoms with Crippen molar-refractivity contribution < 1.29 is 9.18 Å². The van der Waals surface area contributed by atoms with Gasteiger partial charge in [0.15, 0.2) is 0 Å². The molecule has 0 spiro atoms. The van der Waals surface area contributed by atoms with Gasteiger partial charge in [0, 0.05) is 18.3 Å². The zero-order chi connectivity index (χ0) is 17.1. The number of allylic oxidation sites excluding steroid dienone is 2. The van der Waals surface area contributed by atoms with Gasteiger partial charge in [-0.05, 0) is 31.4 Å². The molecule has 0 saturated carbocycles. The van der Waals surface area contributed by atoms with Crippen LogP contribution in [0.2, 0.25) is 0 Å². The normalized spacial score (nSPS) is 11.9. The van der Waals surface area contributed by atoms with Gasteiger partial charge < -0.3 is 5.32 Å². The predicted octanol–water partition coefficient (Wildman–Crippen LogP) is 4.18. The van der Waals surface area contributed by atoms with Crippen LogP contribution in [0, 0.1) is 18.8 Å². The van der Waals surface area contributed by atoms with E-state index in [1.54, 1.807) is 6.92 Å². The van der Waals surface area contributed by atoms with E-state index in [1.165, 1.54) is 7.05 Å². The van der Waals surface area contributed by atoms with E-state index in [-0.39, 0.29) is 5.56 Å². The van der Waals surface area contributed by atoms with E-state index in [4.69, 9.17) is 0 Å². The number of rotatable bonds is 4. The Bertz CT molecular complexity index is 760. The van der Waals surface area contributed by atoms with Gasteiger partial charge in [-0.1, -0.05) is 38.1 Å². The van der Waals surface area contributed by atoms with E-state index in [0.717, 1.165) is 15.8 Å². The number of anilines is 1. The molecule has 0 fully saturated rings. The van der Waals surface area contributed by atoms with Crippen molar-refractivity contribution in [1.82, 2.24) is 9.78 Å². The lowest BCUT2D eigenvalue weighted by molar-refractivity contribution is 0.102. The zero-order valence-electron chi connectivity index (χ0n) is 14.1. The summed E-state index contributed by atoms with van der Waals surface area (Å²) in [5.41, 5.74) is 3.01. The van der Waals surface area contributed by atoms with E-state index in [2.05, 4.69) is 30.3 Å². The third-order valence-electron chi connectivity index (χ3n) is 3.56. The molecule has 0 radical (unpaired) electrons. The molecule has 2 rings (SSSR count). The Hall–Kier alpha value is -2.43.